The van der Waals surface area contributed by atoms with Gasteiger partial charge in [-0.05, 0) is 23.8 Å². The molecule has 128 valence electrons. The topological polar surface area (TPSA) is 118 Å². The van der Waals surface area contributed by atoms with Gasteiger partial charge >= 0.3 is 0 Å². The molecule has 1 aromatic heterocycles. The second kappa shape index (κ2) is 5.63. The summed E-state index contributed by atoms with van der Waals surface area (Å²) >= 11 is 0. The van der Waals surface area contributed by atoms with Gasteiger partial charge < -0.3 is 21.3 Å². The third-order valence-corrected chi connectivity index (χ3v) is 4.39. The van der Waals surface area contributed by atoms with Crippen molar-refractivity contribution in [2.24, 2.45) is 0 Å². The molecular formula is C19H13FN4O2. The van der Waals surface area contributed by atoms with Gasteiger partial charge in [0.05, 0.1) is 11.3 Å². The van der Waals surface area contributed by atoms with Crippen LogP contribution in [0.3, 0.4) is 0 Å². The van der Waals surface area contributed by atoms with Crippen LogP contribution in [0.15, 0.2) is 42.5 Å². The standard InChI is InChI=1S/C19H13FN4O2/c20-10-3-1-9(2-4-10)15-12-6-5-11(25)7-14(12)26-19-16(15)17(22)13(8-21)18(23)24-19/h1-7,15,25H,(H4,22,23,24)/t15-/m1/s1. The zero-order valence-electron chi connectivity index (χ0n) is 13.4. The predicted octanol–water partition coefficient (Wildman–Crippen LogP) is 3.25. The molecule has 1 aliphatic heterocycles. The number of phenolic OH excluding ortho intramolecular Hbond substituents is 1. The van der Waals surface area contributed by atoms with E-state index in [0.717, 1.165) is 5.56 Å². The number of halogens is 1. The molecular weight excluding hydrogens is 335 g/mol. The number of nitrogens with zero attached hydrogens (tertiary/aromatic N) is 2. The molecule has 0 unspecified atom stereocenters. The van der Waals surface area contributed by atoms with Gasteiger partial charge in [0.1, 0.15) is 34.8 Å². The van der Waals surface area contributed by atoms with Crippen LogP contribution in [0, 0.1) is 17.1 Å². The molecule has 6 nitrogen and oxygen atoms in total. The minimum Gasteiger partial charge on any atom is -0.508 e. The number of anilines is 2. The minimum absolute atomic E-state index is 0.0274. The van der Waals surface area contributed by atoms with E-state index in [1.807, 2.05) is 6.07 Å². The number of nitrogen functional groups attached to an aromatic ring is 2. The first-order valence-electron chi connectivity index (χ1n) is 7.74. The minimum atomic E-state index is -0.449. The Morgan fingerprint density at radius 3 is 2.58 bits per heavy atom. The van der Waals surface area contributed by atoms with Gasteiger partial charge in [-0.15, -0.1) is 0 Å². The number of aromatic nitrogens is 1. The van der Waals surface area contributed by atoms with E-state index in [1.54, 1.807) is 18.2 Å². The van der Waals surface area contributed by atoms with Crippen molar-refractivity contribution >= 4 is 11.5 Å². The highest BCUT2D eigenvalue weighted by Crippen LogP contribution is 2.50. The molecule has 7 heteroatoms. The summed E-state index contributed by atoms with van der Waals surface area (Å²) in [6, 6.07) is 12.6. The zero-order valence-corrected chi connectivity index (χ0v) is 13.4. The highest BCUT2D eigenvalue weighted by atomic mass is 19.1. The summed E-state index contributed by atoms with van der Waals surface area (Å²) < 4.78 is 19.2. The molecule has 2 aromatic carbocycles. The fourth-order valence-corrected chi connectivity index (χ4v) is 3.20. The van der Waals surface area contributed by atoms with Crippen LogP contribution in [0.1, 0.15) is 28.2 Å². The highest BCUT2D eigenvalue weighted by molar-refractivity contribution is 5.75. The number of fused-ring (bicyclic) bond motifs is 2. The molecule has 26 heavy (non-hydrogen) atoms. The number of ether oxygens (including phenoxy) is 1. The van der Waals surface area contributed by atoms with E-state index in [9.17, 15) is 14.8 Å². The number of nitriles is 1. The summed E-state index contributed by atoms with van der Waals surface area (Å²) in [4.78, 5) is 4.16. The molecule has 0 amide bonds. The molecule has 4 rings (SSSR count). The summed E-state index contributed by atoms with van der Waals surface area (Å²) in [6.07, 6.45) is 0. The molecule has 0 spiro atoms. The summed E-state index contributed by atoms with van der Waals surface area (Å²) in [5.41, 5.74) is 14.2. The van der Waals surface area contributed by atoms with Crippen molar-refractivity contribution < 1.29 is 14.2 Å². The molecule has 5 N–H and O–H groups in total. The average molecular weight is 348 g/mol. The first-order valence-corrected chi connectivity index (χ1v) is 7.74. The third kappa shape index (κ3) is 2.28. The molecule has 0 radical (unpaired) electrons. The number of aromatic hydroxyl groups is 1. The number of rotatable bonds is 1. The Bertz CT molecular complexity index is 1070. The maximum atomic E-state index is 13.4. The van der Waals surface area contributed by atoms with Gasteiger partial charge in [0.2, 0.25) is 5.88 Å². The molecule has 0 bridgehead atoms. The van der Waals surface area contributed by atoms with Crippen molar-refractivity contribution in [2.75, 3.05) is 11.5 Å². The van der Waals surface area contributed by atoms with E-state index in [2.05, 4.69) is 4.98 Å². The van der Waals surface area contributed by atoms with Crippen LogP contribution in [0.2, 0.25) is 0 Å². The van der Waals surface area contributed by atoms with E-state index in [-0.39, 0.29) is 34.5 Å². The second-order valence-electron chi connectivity index (χ2n) is 5.93. The first-order chi connectivity index (χ1) is 12.5. The van der Waals surface area contributed by atoms with E-state index >= 15 is 0 Å². The number of pyridine rings is 1. The summed E-state index contributed by atoms with van der Waals surface area (Å²) in [5, 5.41) is 19.1. The fraction of sp³-hybridized carbons (Fsp3) is 0.0526. The normalized spacial score (nSPS) is 14.7. The number of hydrogen-bond acceptors (Lipinski definition) is 6. The van der Waals surface area contributed by atoms with Crippen molar-refractivity contribution in [3.05, 3.63) is 70.5 Å². The monoisotopic (exact) mass is 348 g/mol. The second-order valence-corrected chi connectivity index (χ2v) is 5.93. The summed E-state index contributed by atoms with van der Waals surface area (Å²) in [7, 11) is 0. The van der Waals surface area contributed by atoms with Crippen molar-refractivity contribution in [2.45, 2.75) is 5.92 Å². The van der Waals surface area contributed by atoms with Crippen LogP contribution >= 0.6 is 0 Å². The van der Waals surface area contributed by atoms with Gasteiger partial charge in [-0.25, -0.2) is 4.39 Å². The molecule has 0 fully saturated rings. The van der Waals surface area contributed by atoms with Gasteiger partial charge in [-0.1, -0.05) is 18.2 Å². The lowest BCUT2D eigenvalue weighted by Gasteiger charge is -2.29. The molecule has 2 heterocycles. The summed E-state index contributed by atoms with van der Waals surface area (Å²) in [6.45, 7) is 0. The van der Waals surface area contributed by atoms with Gasteiger partial charge in [0, 0.05) is 17.5 Å². The van der Waals surface area contributed by atoms with Crippen LogP contribution in [-0.2, 0) is 0 Å². The maximum Gasteiger partial charge on any atom is 0.227 e. The Labute approximate surface area is 148 Å². The quantitative estimate of drug-likeness (QED) is 0.486. The molecule has 1 aliphatic rings. The average Bonchev–Trinajstić information content (AvgIpc) is 2.61. The van der Waals surface area contributed by atoms with Crippen LogP contribution in [0.5, 0.6) is 17.4 Å². The number of nitrogens with two attached hydrogens (primary N) is 2. The van der Waals surface area contributed by atoms with E-state index < -0.39 is 5.92 Å². The van der Waals surface area contributed by atoms with Crippen molar-refractivity contribution in [1.82, 2.24) is 4.98 Å². The highest BCUT2D eigenvalue weighted by Gasteiger charge is 2.34. The first kappa shape index (κ1) is 15.7. The van der Waals surface area contributed by atoms with Gasteiger partial charge in [-0.3, -0.25) is 0 Å². The molecule has 1 atom stereocenters. The lowest BCUT2D eigenvalue weighted by Crippen LogP contribution is -2.17. The largest absolute Gasteiger partial charge is 0.508 e. The maximum absolute atomic E-state index is 13.4. The lowest BCUT2D eigenvalue weighted by atomic mass is 9.82. The van der Waals surface area contributed by atoms with Gasteiger partial charge in [-0.2, -0.15) is 10.2 Å². The molecule has 0 saturated carbocycles. The van der Waals surface area contributed by atoms with Crippen LogP contribution < -0.4 is 16.2 Å². The Morgan fingerprint density at radius 1 is 1.15 bits per heavy atom. The number of phenols is 1. The van der Waals surface area contributed by atoms with Gasteiger partial charge in [0.15, 0.2) is 0 Å². The SMILES string of the molecule is N#Cc1c(N)nc2c(c1N)[C@H](c1ccc(F)cc1)c1ccc(O)cc1O2. The Balaban J connectivity index is 2.04. The van der Waals surface area contributed by atoms with Crippen molar-refractivity contribution in [1.29, 1.82) is 5.26 Å². The number of hydrogen-bond donors (Lipinski definition) is 3. The molecule has 0 saturated heterocycles. The van der Waals surface area contributed by atoms with Crippen LogP contribution in [0.25, 0.3) is 0 Å². The Kier molecular flexibility index (Phi) is 3.41. The van der Waals surface area contributed by atoms with E-state index in [4.69, 9.17) is 16.2 Å². The van der Waals surface area contributed by atoms with E-state index in [0.29, 0.717) is 16.9 Å². The number of benzene rings is 2. The van der Waals surface area contributed by atoms with Crippen LogP contribution in [-0.4, -0.2) is 10.1 Å². The Morgan fingerprint density at radius 2 is 1.88 bits per heavy atom. The smallest absolute Gasteiger partial charge is 0.227 e. The lowest BCUT2D eigenvalue weighted by molar-refractivity contribution is 0.424. The van der Waals surface area contributed by atoms with E-state index in [1.165, 1.54) is 24.3 Å². The zero-order chi connectivity index (χ0) is 18.4. The molecule has 3 aromatic rings. The van der Waals surface area contributed by atoms with Crippen molar-refractivity contribution in [3.8, 4) is 23.4 Å². The van der Waals surface area contributed by atoms with Gasteiger partial charge in [0.25, 0.3) is 0 Å². The summed E-state index contributed by atoms with van der Waals surface area (Å²) in [5.74, 6) is -0.276. The van der Waals surface area contributed by atoms with Crippen LogP contribution in [0.4, 0.5) is 15.9 Å². The Hall–Kier alpha value is -3.79. The predicted molar refractivity (Wildman–Crippen MR) is 93.3 cm³/mol. The fourth-order valence-electron chi connectivity index (χ4n) is 3.20. The van der Waals surface area contributed by atoms with Crippen molar-refractivity contribution in [3.63, 3.8) is 0 Å². The third-order valence-electron chi connectivity index (χ3n) is 4.39. The molecule has 0 aliphatic carbocycles.